The van der Waals surface area contributed by atoms with E-state index in [4.69, 9.17) is 16.3 Å². The molecule has 0 bridgehead atoms. The van der Waals surface area contributed by atoms with Crippen LogP contribution in [0, 0.1) is 10.1 Å². The topological polar surface area (TPSA) is 69.4 Å². The highest BCUT2D eigenvalue weighted by atomic mass is 35.5. The molecular weight excluding hydrogens is 258 g/mol. The van der Waals surface area contributed by atoms with Crippen molar-refractivity contribution in [3.63, 3.8) is 0 Å². The summed E-state index contributed by atoms with van der Waals surface area (Å²) in [5, 5.41) is 11.1. The van der Waals surface area contributed by atoms with Crippen LogP contribution in [0.3, 0.4) is 0 Å². The molecule has 0 spiro atoms. The number of hydrogen-bond donors (Lipinski definition) is 0. The monoisotopic (exact) mass is 269 g/mol. The van der Waals surface area contributed by atoms with Crippen LogP contribution in [0.15, 0.2) is 24.3 Å². The van der Waals surface area contributed by atoms with Crippen molar-refractivity contribution in [2.75, 3.05) is 6.61 Å². The van der Waals surface area contributed by atoms with Crippen molar-refractivity contribution in [2.45, 2.75) is 13.3 Å². The molecule has 1 aromatic rings. The molecule has 96 valence electrons. The van der Waals surface area contributed by atoms with E-state index in [1.54, 1.807) is 13.0 Å². The average Bonchev–Trinajstić information content (AvgIpc) is 2.31. The standard InChI is InChI=1S/C12H12ClNO4/c1-2-18-12(15)5-3-4-9-6-7-10(13)8-11(9)14(16)17/h3-4,6-8H,2,5H2,1H3. The predicted molar refractivity (Wildman–Crippen MR) is 68.4 cm³/mol. The number of esters is 1. The van der Waals surface area contributed by atoms with Crippen LogP contribution in [0.5, 0.6) is 0 Å². The van der Waals surface area contributed by atoms with Crippen LogP contribution < -0.4 is 0 Å². The Hall–Kier alpha value is -1.88. The summed E-state index contributed by atoms with van der Waals surface area (Å²) in [6.07, 6.45) is 3.10. The fourth-order valence-corrected chi connectivity index (χ4v) is 1.48. The second-order valence-corrected chi connectivity index (χ2v) is 3.81. The summed E-state index contributed by atoms with van der Waals surface area (Å²) in [6.45, 7) is 2.03. The molecule has 0 aliphatic rings. The van der Waals surface area contributed by atoms with Crippen LogP contribution in [0.25, 0.3) is 6.08 Å². The van der Waals surface area contributed by atoms with Gasteiger partial charge in [-0.1, -0.05) is 23.8 Å². The third-order valence-corrected chi connectivity index (χ3v) is 2.31. The number of halogens is 1. The molecule has 1 aromatic carbocycles. The van der Waals surface area contributed by atoms with E-state index in [1.165, 1.54) is 24.3 Å². The number of nitro benzene ring substituents is 1. The number of nitro groups is 1. The van der Waals surface area contributed by atoms with Crippen molar-refractivity contribution in [2.24, 2.45) is 0 Å². The van der Waals surface area contributed by atoms with Crippen LogP contribution in [0.4, 0.5) is 5.69 Å². The minimum Gasteiger partial charge on any atom is -0.466 e. The summed E-state index contributed by atoms with van der Waals surface area (Å²) in [5.74, 6) is -0.370. The van der Waals surface area contributed by atoms with Crippen molar-refractivity contribution in [3.05, 3.63) is 45.0 Å². The smallest absolute Gasteiger partial charge is 0.309 e. The van der Waals surface area contributed by atoms with Crippen LogP contribution >= 0.6 is 11.6 Å². The Balaban J connectivity index is 2.81. The fourth-order valence-electron chi connectivity index (χ4n) is 1.32. The van der Waals surface area contributed by atoms with E-state index in [-0.39, 0.29) is 18.1 Å². The van der Waals surface area contributed by atoms with Gasteiger partial charge in [0.15, 0.2) is 0 Å². The summed E-state index contributed by atoms with van der Waals surface area (Å²) in [4.78, 5) is 21.4. The van der Waals surface area contributed by atoms with Gasteiger partial charge in [-0.2, -0.15) is 0 Å². The maximum atomic E-state index is 11.1. The molecule has 1 rings (SSSR count). The van der Waals surface area contributed by atoms with Crippen molar-refractivity contribution in [1.29, 1.82) is 0 Å². The molecule has 0 aliphatic carbocycles. The molecule has 0 atom stereocenters. The van der Waals surface area contributed by atoms with Gasteiger partial charge in [0.05, 0.1) is 23.5 Å². The number of carbonyl (C=O) groups is 1. The quantitative estimate of drug-likeness (QED) is 0.467. The number of nitrogens with zero attached hydrogens (tertiary/aromatic N) is 1. The van der Waals surface area contributed by atoms with E-state index in [0.717, 1.165) is 0 Å². The minimum atomic E-state index is -0.518. The summed E-state index contributed by atoms with van der Waals surface area (Å²) >= 11 is 5.68. The van der Waals surface area contributed by atoms with E-state index >= 15 is 0 Å². The van der Waals surface area contributed by atoms with Crippen LogP contribution in [-0.4, -0.2) is 17.5 Å². The third kappa shape index (κ3) is 4.18. The summed E-state index contributed by atoms with van der Waals surface area (Å²) in [7, 11) is 0. The van der Waals surface area contributed by atoms with Gasteiger partial charge in [0.1, 0.15) is 0 Å². The molecule has 6 heteroatoms. The van der Waals surface area contributed by atoms with Gasteiger partial charge in [-0.3, -0.25) is 14.9 Å². The average molecular weight is 270 g/mol. The number of carbonyl (C=O) groups excluding carboxylic acids is 1. The van der Waals surface area contributed by atoms with Gasteiger partial charge in [0.25, 0.3) is 5.69 Å². The summed E-state index contributed by atoms with van der Waals surface area (Å²) in [6, 6.07) is 4.35. The third-order valence-electron chi connectivity index (χ3n) is 2.08. The molecule has 0 heterocycles. The fraction of sp³-hybridized carbons (Fsp3) is 0.250. The summed E-state index contributed by atoms with van der Waals surface area (Å²) in [5.41, 5.74) is 0.302. The Morgan fingerprint density at radius 3 is 2.89 bits per heavy atom. The molecular formula is C12H12ClNO4. The van der Waals surface area contributed by atoms with Crippen LogP contribution in [0.1, 0.15) is 18.9 Å². The Morgan fingerprint density at radius 2 is 2.28 bits per heavy atom. The van der Waals surface area contributed by atoms with E-state index in [1.807, 2.05) is 0 Å². The first kappa shape index (κ1) is 14.2. The number of rotatable bonds is 5. The zero-order valence-corrected chi connectivity index (χ0v) is 10.5. The Labute approximate surface area is 109 Å². The first-order valence-electron chi connectivity index (χ1n) is 5.30. The first-order chi connectivity index (χ1) is 8.54. The summed E-state index contributed by atoms with van der Waals surface area (Å²) < 4.78 is 4.73. The Kier molecular flexibility index (Phi) is 5.32. The predicted octanol–water partition coefficient (Wildman–Crippen LogP) is 3.21. The second-order valence-electron chi connectivity index (χ2n) is 3.37. The van der Waals surface area contributed by atoms with Crippen molar-refractivity contribution in [1.82, 2.24) is 0 Å². The second kappa shape index (κ2) is 6.76. The lowest BCUT2D eigenvalue weighted by atomic mass is 10.1. The van der Waals surface area contributed by atoms with Crippen LogP contribution in [0.2, 0.25) is 5.02 Å². The van der Waals surface area contributed by atoms with Gasteiger partial charge in [-0.25, -0.2) is 0 Å². The normalized spacial score (nSPS) is 10.6. The molecule has 0 unspecified atom stereocenters. The van der Waals surface area contributed by atoms with E-state index in [2.05, 4.69) is 0 Å². The number of hydrogen-bond acceptors (Lipinski definition) is 4. The van der Waals surface area contributed by atoms with Crippen LogP contribution in [-0.2, 0) is 9.53 Å². The van der Waals surface area contributed by atoms with E-state index in [0.29, 0.717) is 17.2 Å². The maximum Gasteiger partial charge on any atom is 0.309 e. The van der Waals surface area contributed by atoms with Gasteiger partial charge in [-0.15, -0.1) is 0 Å². The highest BCUT2D eigenvalue weighted by Gasteiger charge is 2.11. The SMILES string of the molecule is CCOC(=O)CC=Cc1ccc(Cl)cc1[N+](=O)[O-]. The largest absolute Gasteiger partial charge is 0.466 e. The molecule has 0 saturated heterocycles. The maximum absolute atomic E-state index is 11.1. The van der Waals surface area contributed by atoms with Gasteiger partial charge in [0.2, 0.25) is 0 Å². The minimum absolute atomic E-state index is 0.0770. The number of benzene rings is 1. The lowest BCUT2D eigenvalue weighted by molar-refractivity contribution is -0.385. The Morgan fingerprint density at radius 1 is 1.56 bits per heavy atom. The van der Waals surface area contributed by atoms with Crippen molar-refractivity contribution < 1.29 is 14.5 Å². The number of ether oxygens (including phenoxy) is 1. The zero-order chi connectivity index (χ0) is 13.5. The highest BCUT2D eigenvalue weighted by molar-refractivity contribution is 6.30. The molecule has 0 amide bonds. The lowest BCUT2D eigenvalue weighted by Gasteiger charge is -1.99. The van der Waals surface area contributed by atoms with Gasteiger partial charge >= 0.3 is 5.97 Å². The molecule has 0 fully saturated rings. The van der Waals surface area contributed by atoms with Crippen molar-refractivity contribution >= 4 is 29.3 Å². The van der Waals surface area contributed by atoms with E-state index < -0.39 is 4.92 Å². The first-order valence-corrected chi connectivity index (χ1v) is 5.68. The molecule has 18 heavy (non-hydrogen) atoms. The van der Waals surface area contributed by atoms with Gasteiger partial charge < -0.3 is 4.74 Å². The molecule has 0 radical (unpaired) electrons. The molecule has 5 nitrogen and oxygen atoms in total. The molecule has 0 aliphatic heterocycles. The van der Waals surface area contributed by atoms with Gasteiger partial charge in [0, 0.05) is 11.1 Å². The Bertz CT molecular complexity index is 485. The lowest BCUT2D eigenvalue weighted by Crippen LogP contribution is -2.01. The van der Waals surface area contributed by atoms with Crippen molar-refractivity contribution in [3.8, 4) is 0 Å². The highest BCUT2D eigenvalue weighted by Crippen LogP contribution is 2.24. The van der Waals surface area contributed by atoms with Gasteiger partial charge in [-0.05, 0) is 19.1 Å². The molecule has 0 saturated carbocycles. The molecule has 0 aromatic heterocycles. The molecule has 0 N–H and O–H groups in total. The van der Waals surface area contributed by atoms with E-state index in [9.17, 15) is 14.9 Å². The zero-order valence-electron chi connectivity index (χ0n) is 9.76.